The molecule has 0 aliphatic rings. The van der Waals surface area contributed by atoms with Gasteiger partial charge in [-0.05, 0) is 6.42 Å². The summed E-state index contributed by atoms with van der Waals surface area (Å²) in [7, 11) is 0. The fourth-order valence-electron chi connectivity index (χ4n) is 0.513. The molecule has 3 nitrogen and oxygen atoms in total. The van der Waals surface area contributed by atoms with Crippen molar-refractivity contribution in [2.24, 2.45) is 0 Å². The molecule has 0 radical (unpaired) electrons. The zero-order chi connectivity index (χ0) is 7.28. The molecule has 0 heterocycles. The highest BCUT2D eigenvalue weighted by Gasteiger charge is 2.14. The molecule has 0 aromatic heterocycles. The molecule has 1 atom stereocenters. The Morgan fingerprint density at radius 2 is 2.44 bits per heavy atom. The van der Waals surface area contributed by atoms with E-state index >= 15 is 0 Å². The first-order valence-corrected chi connectivity index (χ1v) is 2.81. The molecule has 0 fully saturated rings. The fraction of sp³-hybridized carbons (Fsp3) is 0.800. The third-order valence-corrected chi connectivity index (χ3v) is 1.01. The molecule has 0 aromatic carbocycles. The zero-order valence-electron chi connectivity index (χ0n) is 5.22. The van der Waals surface area contributed by atoms with Gasteiger partial charge < -0.3 is 5.11 Å². The number of carboxylic acid groups (broad SMARTS) is 1. The number of hydrogen-bond acceptors (Lipinski definition) is 2. The van der Waals surface area contributed by atoms with Gasteiger partial charge in [0.25, 0.3) is 0 Å². The molecule has 0 saturated heterocycles. The highest BCUT2D eigenvalue weighted by molar-refractivity contribution is 5.73. The predicted molar refractivity (Wildman–Crippen MR) is 30.6 cm³/mol. The number of halogens is 1. The summed E-state index contributed by atoms with van der Waals surface area (Å²) in [6.45, 7) is 1.80. The fourth-order valence-corrected chi connectivity index (χ4v) is 0.513. The molecular weight excluding hydrogens is 125 g/mol. The zero-order valence-corrected chi connectivity index (χ0v) is 5.22. The van der Waals surface area contributed by atoms with Crippen molar-refractivity contribution in [3.8, 4) is 0 Å². The van der Waals surface area contributed by atoms with Crippen LogP contribution in [0.3, 0.4) is 0 Å². The molecule has 0 aliphatic carbocycles. The van der Waals surface area contributed by atoms with Crippen molar-refractivity contribution in [1.29, 1.82) is 0 Å². The van der Waals surface area contributed by atoms with Crippen LogP contribution >= 0.6 is 0 Å². The van der Waals surface area contributed by atoms with E-state index in [4.69, 9.17) is 5.11 Å². The Morgan fingerprint density at radius 1 is 1.89 bits per heavy atom. The van der Waals surface area contributed by atoms with Crippen LogP contribution in [-0.2, 0) is 4.79 Å². The van der Waals surface area contributed by atoms with Gasteiger partial charge in [0.1, 0.15) is 6.04 Å². The van der Waals surface area contributed by atoms with Crippen LogP contribution in [-0.4, -0.2) is 17.1 Å². The molecule has 0 aliphatic heterocycles. The van der Waals surface area contributed by atoms with Gasteiger partial charge in [0, 0.05) is 0 Å². The maximum absolute atomic E-state index is 11.5. The Labute approximate surface area is 52.8 Å². The Morgan fingerprint density at radius 3 is 2.56 bits per heavy atom. The Balaban J connectivity index is 3.54. The normalized spacial score (nSPS) is 13.1. The van der Waals surface area contributed by atoms with E-state index in [0.717, 1.165) is 0 Å². The SMILES string of the molecule is CCCC(NF)C(=O)O. The van der Waals surface area contributed by atoms with E-state index in [1.165, 1.54) is 5.54 Å². The summed E-state index contributed by atoms with van der Waals surface area (Å²) in [5.41, 5.74) is 1.20. The van der Waals surface area contributed by atoms with Gasteiger partial charge in [-0.2, -0.15) is 0 Å². The first kappa shape index (κ1) is 8.36. The molecule has 4 heteroatoms. The maximum Gasteiger partial charge on any atom is 0.323 e. The lowest BCUT2D eigenvalue weighted by molar-refractivity contribution is -0.141. The number of rotatable bonds is 4. The van der Waals surface area contributed by atoms with Crippen molar-refractivity contribution >= 4 is 5.97 Å². The lowest BCUT2D eigenvalue weighted by Crippen LogP contribution is -2.30. The molecule has 2 N–H and O–H groups in total. The monoisotopic (exact) mass is 135 g/mol. The summed E-state index contributed by atoms with van der Waals surface area (Å²) >= 11 is 0. The number of aliphatic carboxylic acids is 1. The smallest absolute Gasteiger partial charge is 0.323 e. The minimum atomic E-state index is -1.14. The lowest BCUT2D eigenvalue weighted by Gasteiger charge is -2.04. The van der Waals surface area contributed by atoms with E-state index in [2.05, 4.69) is 0 Å². The molecule has 0 rings (SSSR count). The van der Waals surface area contributed by atoms with Gasteiger partial charge in [-0.15, -0.1) is 10.0 Å². The van der Waals surface area contributed by atoms with E-state index < -0.39 is 12.0 Å². The van der Waals surface area contributed by atoms with E-state index in [1.54, 1.807) is 6.92 Å². The van der Waals surface area contributed by atoms with Gasteiger partial charge in [0.05, 0.1) is 0 Å². The van der Waals surface area contributed by atoms with Crippen LogP contribution in [0.4, 0.5) is 4.48 Å². The van der Waals surface area contributed by atoms with Crippen LogP contribution < -0.4 is 5.54 Å². The Kier molecular flexibility index (Phi) is 3.96. The lowest BCUT2D eigenvalue weighted by atomic mass is 10.2. The minimum absolute atomic E-state index is 0.325. The number of nitrogens with one attached hydrogen (secondary N) is 1. The summed E-state index contributed by atoms with van der Waals surface area (Å²) in [6, 6.07) is -1.03. The van der Waals surface area contributed by atoms with E-state index in [0.29, 0.717) is 12.8 Å². The average molecular weight is 135 g/mol. The van der Waals surface area contributed by atoms with Crippen molar-refractivity contribution in [3.05, 3.63) is 0 Å². The molecular formula is C5H10FNO2. The molecule has 0 amide bonds. The average Bonchev–Trinajstić information content (AvgIpc) is 1.82. The molecule has 0 bridgehead atoms. The van der Waals surface area contributed by atoms with Gasteiger partial charge in [0.2, 0.25) is 0 Å². The van der Waals surface area contributed by atoms with Crippen molar-refractivity contribution in [2.45, 2.75) is 25.8 Å². The third kappa shape index (κ3) is 3.03. The molecule has 9 heavy (non-hydrogen) atoms. The first-order valence-electron chi connectivity index (χ1n) is 2.81. The van der Waals surface area contributed by atoms with Gasteiger partial charge in [0.15, 0.2) is 0 Å². The molecule has 54 valence electrons. The minimum Gasteiger partial charge on any atom is -0.480 e. The second-order valence-corrected chi connectivity index (χ2v) is 1.79. The standard InChI is InChI=1S/C5H10FNO2/c1-2-3-4(7-6)5(8)9/h4,7H,2-3H2,1H3,(H,8,9). The summed E-state index contributed by atoms with van der Waals surface area (Å²) in [6.07, 6.45) is 0.986. The van der Waals surface area contributed by atoms with Gasteiger partial charge in [-0.25, -0.2) is 0 Å². The van der Waals surface area contributed by atoms with Crippen molar-refractivity contribution in [2.75, 3.05) is 0 Å². The van der Waals surface area contributed by atoms with Crippen molar-refractivity contribution in [3.63, 3.8) is 0 Å². The number of hydrogen-bond donors (Lipinski definition) is 2. The summed E-state index contributed by atoms with van der Waals surface area (Å²) in [5.74, 6) is -1.14. The summed E-state index contributed by atoms with van der Waals surface area (Å²) in [4.78, 5) is 10.0. The van der Waals surface area contributed by atoms with E-state index in [1.807, 2.05) is 0 Å². The van der Waals surface area contributed by atoms with Crippen LogP contribution in [0.2, 0.25) is 0 Å². The largest absolute Gasteiger partial charge is 0.480 e. The highest BCUT2D eigenvalue weighted by atomic mass is 19.2. The second-order valence-electron chi connectivity index (χ2n) is 1.79. The van der Waals surface area contributed by atoms with Gasteiger partial charge >= 0.3 is 5.97 Å². The van der Waals surface area contributed by atoms with Gasteiger partial charge in [-0.3, -0.25) is 4.79 Å². The number of carbonyl (C=O) groups is 1. The first-order chi connectivity index (χ1) is 4.22. The molecule has 1 unspecified atom stereocenters. The van der Waals surface area contributed by atoms with Crippen LogP contribution in [0.5, 0.6) is 0 Å². The van der Waals surface area contributed by atoms with Crippen molar-refractivity contribution < 1.29 is 14.4 Å². The Bertz CT molecular complexity index is 97.0. The number of carboxylic acids is 1. The quantitative estimate of drug-likeness (QED) is 0.558. The van der Waals surface area contributed by atoms with Crippen LogP contribution in [0.15, 0.2) is 0 Å². The second kappa shape index (κ2) is 4.26. The van der Waals surface area contributed by atoms with Crippen LogP contribution in [0.1, 0.15) is 19.8 Å². The third-order valence-electron chi connectivity index (χ3n) is 1.01. The summed E-state index contributed by atoms with van der Waals surface area (Å²) in [5, 5.41) is 8.20. The van der Waals surface area contributed by atoms with Crippen LogP contribution in [0.25, 0.3) is 0 Å². The van der Waals surface area contributed by atoms with Gasteiger partial charge in [-0.1, -0.05) is 13.3 Å². The van der Waals surface area contributed by atoms with Crippen LogP contribution in [0, 0.1) is 0 Å². The predicted octanol–water partition coefficient (Wildman–Crippen LogP) is 0.714. The molecule has 0 saturated carbocycles. The van der Waals surface area contributed by atoms with E-state index in [9.17, 15) is 9.28 Å². The van der Waals surface area contributed by atoms with E-state index in [-0.39, 0.29) is 0 Å². The van der Waals surface area contributed by atoms with Crippen molar-refractivity contribution in [1.82, 2.24) is 5.54 Å². The summed E-state index contributed by atoms with van der Waals surface area (Å²) < 4.78 is 11.5. The Hall–Kier alpha value is -0.640. The molecule has 0 aromatic rings. The highest BCUT2D eigenvalue weighted by Crippen LogP contribution is 1.95. The topological polar surface area (TPSA) is 49.3 Å². The molecule has 0 spiro atoms. The maximum atomic E-state index is 11.5.